The first-order chi connectivity index (χ1) is 7.43. The fraction of sp³-hybridized carbons (Fsp3) is 1.00. The van der Waals surface area contributed by atoms with Gasteiger partial charge in [-0.25, -0.2) is 0 Å². The van der Waals surface area contributed by atoms with E-state index in [0.29, 0.717) is 11.8 Å². The molecule has 96 valence electrons. The summed E-state index contributed by atoms with van der Waals surface area (Å²) in [6.45, 7) is 2.14. The Morgan fingerprint density at radius 1 is 1.44 bits per heavy atom. The fourth-order valence-corrected chi connectivity index (χ4v) is 3.32. The molecular formula is C11H21ClO3S. The molecule has 1 aliphatic carbocycles. The van der Waals surface area contributed by atoms with Crippen LogP contribution in [0.15, 0.2) is 0 Å². The van der Waals surface area contributed by atoms with Crippen LogP contribution in [0, 0.1) is 5.92 Å². The molecule has 0 N–H and O–H groups in total. The molecule has 3 nitrogen and oxygen atoms in total. The van der Waals surface area contributed by atoms with Gasteiger partial charge in [0.25, 0.3) is 10.1 Å². The first kappa shape index (κ1) is 14.3. The van der Waals surface area contributed by atoms with E-state index in [1.807, 2.05) is 0 Å². The Morgan fingerprint density at radius 3 is 2.62 bits per heavy atom. The highest BCUT2D eigenvalue weighted by Crippen LogP contribution is 2.53. The maximum Gasteiger partial charge on any atom is 0.264 e. The molecule has 1 rings (SSSR count). The number of halogens is 1. The standard InChI is InChI=1S/C11H21ClO3S/c1-3-4-6-10-9-11(10,7-5-8-12)15-16(2,13)14/h10H,3-9H2,1-2H3/t10-,11-/m1/s1. The van der Waals surface area contributed by atoms with Gasteiger partial charge in [-0.1, -0.05) is 19.8 Å². The maximum absolute atomic E-state index is 11.2. The first-order valence-electron chi connectivity index (χ1n) is 5.90. The summed E-state index contributed by atoms with van der Waals surface area (Å²) in [4.78, 5) is 0. The molecule has 0 radical (unpaired) electrons. The average Bonchev–Trinajstić information content (AvgIpc) is 2.83. The molecule has 0 aromatic carbocycles. The van der Waals surface area contributed by atoms with Gasteiger partial charge in [0.2, 0.25) is 0 Å². The normalized spacial score (nSPS) is 29.3. The van der Waals surface area contributed by atoms with Crippen molar-refractivity contribution in [1.29, 1.82) is 0 Å². The van der Waals surface area contributed by atoms with Crippen LogP contribution in [0.2, 0.25) is 0 Å². The lowest BCUT2D eigenvalue weighted by atomic mass is 10.1. The fourth-order valence-electron chi connectivity index (χ4n) is 2.29. The molecule has 0 amide bonds. The lowest BCUT2D eigenvalue weighted by Gasteiger charge is -2.16. The second-order valence-corrected chi connectivity index (χ2v) is 6.64. The molecule has 0 bridgehead atoms. The van der Waals surface area contributed by atoms with E-state index in [1.165, 1.54) is 0 Å². The second-order valence-electron chi connectivity index (χ2n) is 4.69. The van der Waals surface area contributed by atoms with E-state index < -0.39 is 15.7 Å². The number of rotatable bonds is 8. The SMILES string of the molecule is CCCC[C@@H]1C[C@@]1(CCCCl)OS(C)(=O)=O. The van der Waals surface area contributed by atoms with Crippen LogP contribution in [-0.2, 0) is 14.3 Å². The number of unbranched alkanes of at least 4 members (excludes halogenated alkanes) is 1. The predicted molar refractivity (Wildman–Crippen MR) is 66.2 cm³/mol. The van der Waals surface area contributed by atoms with E-state index in [2.05, 4.69) is 6.92 Å². The number of hydrogen-bond acceptors (Lipinski definition) is 3. The summed E-state index contributed by atoms with van der Waals surface area (Å²) in [7, 11) is -3.35. The molecule has 1 aliphatic rings. The smallest absolute Gasteiger partial charge is 0.263 e. The summed E-state index contributed by atoms with van der Waals surface area (Å²) >= 11 is 5.65. The minimum absolute atomic E-state index is 0.408. The molecule has 16 heavy (non-hydrogen) atoms. The van der Waals surface area contributed by atoms with Gasteiger partial charge in [0, 0.05) is 5.88 Å². The summed E-state index contributed by atoms with van der Waals surface area (Å²) in [5.41, 5.74) is -0.419. The van der Waals surface area contributed by atoms with Gasteiger partial charge in [-0.05, 0) is 31.6 Å². The molecular weight excluding hydrogens is 248 g/mol. The van der Waals surface area contributed by atoms with Crippen molar-refractivity contribution in [3.63, 3.8) is 0 Å². The van der Waals surface area contributed by atoms with Gasteiger partial charge >= 0.3 is 0 Å². The van der Waals surface area contributed by atoms with Crippen LogP contribution >= 0.6 is 11.6 Å². The molecule has 0 saturated heterocycles. The molecule has 1 fully saturated rings. The summed E-state index contributed by atoms with van der Waals surface area (Å²) in [6, 6.07) is 0. The number of hydrogen-bond donors (Lipinski definition) is 0. The van der Waals surface area contributed by atoms with Crippen molar-refractivity contribution in [2.75, 3.05) is 12.1 Å². The Labute approximate surface area is 104 Å². The molecule has 1 saturated carbocycles. The summed E-state index contributed by atoms with van der Waals surface area (Å²) in [5.74, 6) is 0.973. The lowest BCUT2D eigenvalue weighted by Crippen LogP contribution is -2.22. The number of alkyl halides is 1. The van der Waals surface area contributed by atoms with E-state index in [4.69, 9.17) is 15.8 Å². The Balaban J connectivity index is 2.52. The molecule has 0 spiro atoms. The van der Waals surface area contributed by atoms with Crippen LogP contribution in [0.1, 0.15) is 45.4 Å². The Kier molecular flexibility index (Phi) is 5.08. The van der Waals surface area contributed by atoms with Crippen molar-refractivity contribution in [3.05, 3.63) is 0 Å². The molecule has 0 aromatic rings. The van der Waals surface area contributed by atoms with Crippen LogP contribution in [-0.4, -0.2) is 26.2 Å². The third-order valence-corrected chi connectivity index (χ3v) is 4.03. The van der Waals surface area contributed by atoms with Crippen LogP contribution < -0.4 is 0 Å². The van der Waals surface area contributed by atoms with Gasteiger partial charge in [-0.2, -0.15) is 8.42 Å². The Bertz CT molecular complexity index is 315. The van der Waals surface area contributed by atoms with Crippen molar-refractivity contribution in [2.24, 2.45) is 5.92 Å². The highest BCUT2D eigenvalue weighted by Gasteiger charge is 2.56. The largest absolute Gasteiger partial charge is 0.264 e. The van der Waals surface area contributed by atoms with Gasteiger partial charge in [0.15, 0.2) is 0 Å². The van der Waals surface area contributed by atoms with Crippen LogP contribution in [0.25, 0.3) is 0 Å². The van der Waals surface area contributed by atoms with E-state index >= 15 is 0 Å². The Hall–Kier alpha value is 0.200. The topological polar surface area (TPSA) is 43.4 Å². The van der Waals surface area contributed by atoms with E-state index in [1.54, 1.807) is 0 Å². The zero-order chi connectivity index (χ0) is 12.2. The van der Waals surface area contributed by atoms with Crippen molar-refractivity contribution in [3.8, 4) is 0 Å². The Morgan fingerprint density at radius 2 is 2.12 bits per heavy atom. The molecule has 2 atom stereocenters. The van der Waals surface area contributed by atoms with Crippen LogP contribution in [0.4, 0.5) is 0 Å². The van der Waals surface area contributed by atoms with E-state index in [-0.39, 0.29) is 0 Å². The van der Waals surface area contributed by atoms with Crippen molar-refractivity contribution < 1.29 is 12.6 Å². The summed E-state index contributed by atoms with van der Waals surface area (Å²) < 4.78 is 27.7. The molecule has 0 heterocycles. The molecule has 5 heteroatoms. The van der Waals surface area contributed by atoms with E-state index in [0.717, 1.165) is 44.8 Å². The summed E-state index contributed by atoms with van der Waals surface area (Å²) in [5, 5.41) is 0. The third kappa shape index (κ3) is 4.22. The zero-order valence-electron chi connectivity index (χ0n) is 10.0. The van der Waals surface area contributed by atoms with Gasteiger partial charge in [0.1, 0.15) is 0 Å². The van der Waals surface area contributed by atoms with Crippen molar-refractivity contribution in [2.45, 2.75) is 51.0 Å². The second kappa shape index (κ2) is 5.69. The monoisotopic (exact) mass is 268 g/mol. The van der Waals surface area contributed by atoms with Crippen LogP contribution in [0.5, 0.6) is 0 Å². The minimum Gasteiger partial charge on any atom is -0.263 e. The average molecular weight is 269 g/mol. The quantitative estimate of drug-likeness (QED) is 0.502. The van der Waals surface area contributed by atoms with E-state index in [9.17, 15) is 8.42 Å². The molecule has 0 aliphatic heterocycles. The highest BCUT2D eigenvalue weighted by atomic mass is 35.5. The minimum atomic E-state index is -3.35. The van der Waals surface area contributed by atoms with Gasteiger partial charge in [-0.3, -0.25) is 4.18 Å². The first-order valence-corrected chi connectivity index (χ1v) is 8.25. The summed E-state index contributed by atoms with van der Waals surface area (Å²) in [6.07, 6.45) is 6.93. The van der Waals surface area contributed by atoms with Gasteiger partial charge in [0.05, 0.1) is 11.9 Å². The lowest BCUT2D eigenvalue weighted by molar-refractivity contribution is 0.155. The van der Waals surface area contributed by atoms with Gasteiger partial charge < -0.3 is 0 Å². The maximum atomic E-state index is 11.2. The predicted octanol–water partition coefficient (Wildman–Crippen LogP) is 2.93. The van der Waals surface area contributed by atoms with Gasteiger partial charge in [-0.15, -0.1) is 11.6 Å². The highest BCUT2D eigenvalue weighted by molar-refractivity contribution is 7.86. The third-order valence-electron chi connectivity index (χ3n) is 3.13. The molecule has 0 unspecified atom stereocenters. The zero-order valence-corrected chi connectivity index (χ0v) is 11.6. The van der Waals surface area contributed by atoms with Crippen LogP contribution in [0.3, 0.4) is 0 Å². The molecule has 0 aromatic heterocycles. The van der Waals surface area contributed by atoms with Crippen molar-refractivity contribution in [1.82, 2.24) is 0 Å². The van der Waals surface area contributed by atoms with Crippen molar-refractivity contribution >= 4 is 21.7 Å².